The summed E-state index contributed by atoms with van der Waals surface area (Å²) in [6, 6.07) is 10.8. The molecule has 10 heteroatoms. The zero-order valence-electron chi connectivity index (χ0n) is 14.5. The van der Waals surface area contributed by atoms with E-state index < -0.39 is 10.8 Å². The average Bonchev–Trinajstić information content (AvgIpc) is 3.42. The van der Waals surface area contributed by atoms with Crippen LogP contribution in [0.5, 0.6) is 0 Å². The third kappa shape index (κ3) is 3.40. The van der Waals surface area contributed by atoms with Crippen molar-refractivity contribution >= 4 is 28.7 Å². The molecule has 0 aliphatic heterocycles. The van der Waals surface area contributed by atoms with Gasteiger partial charge >= 0.3 is 0 Å². The lowest BCUT2D eigenvalue weighted by Crippen LogP contribution is -2.15. The first kappa shape index (κ1) is 17.6. The molecule has 1 amide bonds. The van der Waals surface area contributed by atoms with Crippen LogP contribution in [0.25, 0.3) is 16.6 Å². The number of anilines is 1. The highest BCUT2D eigenvalue weighted by atomic mass is 32.1. The Kier molecular flexibility index (Phi) is 4.45. The van der Waals surface area contributed by atoms with Crippen molar-refractivity contribution in [3.63, 3.8) is 0 Å². The molecule has 4 rings (SSSR count). The number of amides is 1. The lowest BCUT2D eigenvalue weighted by molar-refractivity contribution is -0.384. The van der Waals surface area contributed by atoms with Gasteiger partial charge in [-0.2, -0.15) is 9.78 Å². The van der Waals surface area contributed by atoms with Crippen molar-refractivity contribution in [2.24, 2.45) is 0 Å². The van der Waals surface area contributed by atoms with E-state index in [2.05, 4.69) is 15.4 Å². The molecule has 0 saturated heterocycles. The number of aromatic nitrogens is 3. The van der Waals surface area contributed by atoms with Crippen molar-refractivity contribution in [2.45, 2.75) is 6.92 Å². The minimum absolute atomic E-state index is 0.152. The molecule has 9 nitrogen and oxygen atoms in total. The van der Waals surface area contributed by atoms with E-state index in [1.165, 1.54) is 40.3 Å². The predicted octanol–water partition coefficient (Wildman–Crippen LogP) is 4.06. The van der Waals surface area contributed by atoms with Crippen LogP contribution in [0.4, 0.5) is 11.5 Å². The lowest BCUT2D eigenvalue weighted by atomic mass is 10.2. The summed E-state index contributed by atoms with van der Waals surface area (Å²) in [4.78, 5) is 27.4. The van der Waals surface area contributed by atoms with E-state index in [1.807, 2.05) is 5.38 Å². The molecule has 0 saturated carbocycles. The number of nitro groups is 1. The normalized spacial score (nSPS) is 10.8. The Balaban J connectivity index is 1.62. The zero-order chi connectivity index (χ0) is 19.7. The number of carbonyl (C=O) groups excluding carboxylic acids is 1. The zero-order valence-corrected chi connectivity index (χ0v) is 15.3. The SMILES string of the molecule is Cc1cc(NC(=O)c2cccc([N+](=O)[O-])c2)n(-c2nc(-c3ccco3)cs2)n1. The summed E-state index contributed by atoms with van der Waals surface area (Å²) in [6.45, 7) is 1.79. The minimum atomic E-state index is -0.545. The molecule has 0 aliphatic rings. The molecular formula is C18H13N5O4S. The Labute approximate surface area is 162 Å². The van der Waals surface area contributed by atoms with Gasteiger partial charge in [0.1, 0.15) is 11.5 Å². The molecule has 1 N–H and O–H groups in total. The monoisotopic (exact) mass is 395 g/mol. The highest BCUT2D eigenvalue weighted by molar-refractivity contribution is 7.12. The second kappa shape index (κ2) is 7.08. The molecular weight excluding hydrogens is 382 g/mol. The third-order valence-electron chi connectivity index (χ3n) is 3.84. The topological polar surface area (TPSA) is 116 Å². The summed E-state index contributed by atoms with van der Waals surface area (Å²) in [5, 5.41) is 20.4. The molecule has 4 aromatic rings. The number of furan rings is 1. The van der Waals surface area contributed by atoms with Gasteiger partial charge in [-0.25, -0.2) is 4.98 Å². The van der Waals surface area contributed by atoms with E-state index in [9.17, 15) is 14.9 Å². The van der Waals surface area contributed by atoms with E-state index in [0.717, 1.165) is 0 Å². The van der Waals surface area contributed by atoms with Gasteiger partial charge in [0.15, 0.2) is 5.76 Å². The number of thiazole rings is 1. The van der Waals surface area contributed by atoms with Crippen LogP contribution in [-0.4, -0.2) is 25.6 Å². The molecule has 140 valence electrons. The maximum Gasteiger partial charge on any atom is 0.270 e. The third-order valence-corrected chi connectivity index (χ3v) is 4.66. The van der Waals surface area contributed by atoms with E-state index in [-0.39, 0.29) is 11.3 Å². The highest BCUT2D eigenvalue weighted by Gasteiger charge is 2.17. The molecule has 0 atom stereocenters. The fraction of sp³-hybridized carbons (Fsp3) is 0.0556. The molecule has 0 fully saturated rings. The molecule has 0 aliphatic carbocycles. The van der Waals surface area contributed by atoms with E-state index in [0.29, 0.717) is 28.1 Å². The van der Waals surface area contributed by atoms with Gasteiger partial charge in [0, 0.05) is 29.1 Å². The molecule has 0 radical (unpaired) electrons. The van der Waals surface area contributed by atoms with Crippen molar-refractivity contribution in [3.8, 4) is 16.6 Å². The van der Waals surface area contributed by atoms with Gasteiger partial charge in [0.25, 0.3) is 11.6 Å². The van der Waals surface area contributed by atoms with Crippen LogP contribution in [0.15, 0.2) is 58.5 Å². The number of nitrogens with one attached hydrogen (secondary N) is 1. The van der Waals surface area contributed by atoms with Gasteiger partial charge in [-0.1, -0.05) is 6.07 Å². The predicted molar refractivity (Wildman–Crippen MR) is 103 cm³/mol. The number of aryl methyl sites for hydroxylation is 1. The number of hydrogen-bond donors (Lipinski definition) is 1. The van der Waals surface area contributed by atoms with Crippen LogP contribution < -0.4 is 5.32 Å². The van der Waals surface area contributed by atoms with Gasteiger partial charge in [-0.05, 0) is 25.1 Å². The number of rotatable bonds is 5. The standard InChI is InChI=1S/C18H13N5O4S/c1-11-8-16(20-17(24)12-4-2-5-13(9-12)23(25)26)22(21-11)18-19-14(10-28-18)15-6-3-7-27-15/h2-10H,1H3,(H,20,24). The van der Waals surface area contributed by atoms with Crippen molar-refractivity contribution in [1.29, 1.82) is 0 Å². The summed E-state index contributed by atoms with van der Waals surface area (Å²) < 4.78 is 6.86. The number of nitrogens with zero attached hydrogens (tertiary/aromatic N) is 4. The number of non-ortho nitro benzene ring substituents is 1. The summed E-state index contributed by atoms with van der Waals surface area (Å²) >= 11 is 1.35. The van der Waals surface area contributed by atoms with Crippen molar-refractivity contribution in [2.75, 3.05) is 5.32 Å². The average molecular weight is 395 g/mol. The van der Waals surface area contributed by atoms with Crippen molar-refractivity contribution in [1.82, 2.24) is 14.8 Å². The van der Waals surface area contributed by atoms with Gasteiger partial charge in [0.2, 0.25) is 5.13 Å². The van der Waals surface area contributed by atoms with Crippen LogP contribution in [0, 0.1) is 17.0 Å². The first-order valence-electron chi connectivity index (χ1n) is 8.13. The molecule has 3 aromatic heterocycles. The lowest BCUT2D eigenvalue weighted by Gasteiger charge is -2.06. The maximum absolute atomic E-state index is 12.6. The van der Waals surface area contributed by atoms with Gasteiger partial charge in [-0.15, -0.1) is 11.3 Å². The second-order valence-electron chi connectivity index (χ2n) is 5.84. The van der Waals surface area contributed by atoms with Crippen LogP contribution in [0.2, 0.25) is 0 Å². The summed E-state index contributed by atoms with van der Waals surface area (Å²) in [5.74, 6) is 0.565. The molecule has 0 spiro atoms. The number of benzene rings is 1. The van der Waals surface area contributed by atoms with E-state index >= 15 is 0 Å². The van der Waals surface area contributed by atoms with Crippen LogP contribution in [0.3, 0.4) is 0 Å². The van der Waals surface area contributed by atoms with E-state index in [4.69, 9.17) is 4.42 Å². The van der Waals surface area contributed by atoms with Crippen LogP contribution >= 0.6 is 11.3 Å². The van der Waals surface area contributed by atoms with Crippen molar-refractivity contribution in [3.05, 3.63) is 75.5 Å². The molecule has 0 bridgehead atoms. The van der Waals surface area contributed by atoms with Crippen molar-refractivity contribution < 1.29 is 14.1 Å². The Morgan fingerprint density at radius 1 is 1.29 bits per heavy atom. The first-order chi connectivity index (χ1) is 13.5. The van der Waals surface area contributed by atoms with Gasteiger partial charge in [-0.3, -0.25) is 14.9 Å². The number of carbonyl (C=O) groups is 1. The van der Waals surface area contributed by atoms with Gasteiger partial charge < -0.3 is 9.73 Å². The molecule has 28 heavy (non-hydrogen) atoms. The summed E-state index contributed by atoms with van der Waals surface area (Å²) in [5.41, 5.74) is 1.37. The maximum atomic E-state index is 12.6. The fourth-order valence-corrected chi connectivity index (χ4v) is 3.36. The largest absolute Gasteiger partial charge is 0.463 e. The molecule has 3 heterocycles. The number of nitro benzene ring substituents is 1. The molecule has 1 aromatic carbocycles. The minimum Gasteiger partial charge on any atom is -0.463 e. The van der Waals surface area contributed by atoms with Crippen LogP contribution in [0.1, 0.15) is 16.1 Å². The first-order valence-corrected chi connectivity index (χ1v) is 9.01. The Morgan fingerprint density at radius 3 is 2.89 bits per heavy atom. The Morgan fingerprint density at radius 2 is 2.14 bits per heavy atom. The summed E-state index contributed by atoms with van der Waals surface area (Å²) in [7, 11) is 0. The molecule has 0 unspecified atom stereocenters. The van der Waals surface area contributed by atoms with Gasteiger partial charge in [0.05, 0.1) is 16.9 Å². The quantitative estimate of drug-likeness (QED) is 0.402. The second-order valence-corrected chi connectivity index (χ2v) is 6.67. The smallest absolute Gasteiger partial charge is 0.270 e. The van der Waals surface area contributed by atoms with Crippen LogP contribution in [-0.2, 0) is 0 Å². The summed E-state index contributed by atoms with van der Waals surface area (Å²) in [6.07, 6.45) is 1.57. The van der Waals surface area contributed by atoms with E-state index in [1.54, 1.807) is 31.4 Å². The Bertz CT molecular complexity index is 1160. The number of hydrogen-bond acceptors (Lipinski definition) is 7. The highest BCUT2D eigenvalue weighted by Crippen LogP contribution is 2.27. The Hall–Kier alpha value is -3.79. The fourth-order valence-electron chi connectivity index (χ4n) is 2.58.